The van der Waals surface area contributed by atoms with Crippen LogP contribution in [0.25, 0.3) is 0 Å². The van der Waals surface area contributed by atoms with Crippen molar-refractivity contribution in [1.82, 2.24) is 0 Å². The molecule has 0 fully saturated rings. The standard InChI is InChI=1S/C28H43NO9/c1-9-16(5)26(32)37-21-12-11-20(13-22(21)38-27(33)17(6)10-2)23(24(29)25(30)31)18(7)19(8)36-28(34)35-14-15(3)4/h11-13,15-19,23-24H,9-10,14,29H2,1-8H3,(H,30,31)/t16?,17?,18?,19?,23?,24-/m0/s1. The van der Waals surface area contributed by atoms with Gasteiger partial charge in [0.1, 0.15) is 12.1 Å². The van der Waals surface area contributed by atoms with Gasteiger partial charge in [-0.15, -0.1) is 0 Å². The molecule has 1 aromatic rings. The van der Waals surface area contributed by atoms with Crippen LogP contribution in [0, 0.1) is 23.7 Å². The molecule has 1 rings (SSSR count). The lowest BCUT2D eigenvalue weighted by atomic mass is 9.79. The van der Waals surface area contributed by atoms with E-state index in [1.54, 1.807) is 33.8 Å². The van der Waals surface area contributed by atoms with Crippen LogP contribution in [0.1, 0.15) is 79.7 Å². The lowest BCUT2D eigenvalue weighted by Crippen LogP contribution is -2.42. The number of rotatable bonds is 14. The summed E-state index contributed by atoms with van der Waals surface area (Å²) in [4.78, 5) is 49.1. The minimum absolute atomic E-state index is 0.0239. The molecule has 0 saturated heterocycles. The fraction of sp³-hybridized carbons (Fsp3) is 0.643. The van der Waals surface area contributed by atoms with E-state index in [1.165, 1.54) is 12.1 Å². The molecule has 0 saturated carbocycles. The lowest BCUT2D eigenvalue weighted by Gasteiger charge is -2.31. The Labute approximate surface area is 225 Å². The maximum absolute atomic E-state index is 12.6. The number of hydrogen-bond donors (Lipinski definition) is 2. The number of nitrogens with two attached hydrogens (primary N) is 1. The van der Waals surface area contributed by atoms with Crippen LogP contribution in [0.15, 0.2) is 18.2 Å². The van der Waals surface area contributed by atoms with Crippen molar-refractivity contribution in [1.29, 1.82) is 0 Å². The predicted octanol–water partition coefficient (Wildman–Crippen LogP) is 4.92. The summed E-state index contributed by atoms with van der Waals surface area (Å²) in [5.74, 6) is -4.39. The average Bonchev–Trinajstić information content (AvgIpc) is 2.87. The Bertz CT molecular complexity index is 962. The third-order valence-electron chi connectivity index (χ3n) is 6.60. The molecule has 0 aliphatic carbocycles. The Morgan fingerprint density at radius 2 is 1.39 bits per heavy atom. The van der Waals surface area contributed by atoms with Crippen molar-refractivity contribution >= 4 is 24.1 Å². The van der Waals surface area contributed by atoms with Gasteiger partial charge in [0.2, 0.25) is 0 Å². The first-order valence-corrected chi connectivity index (χ1v) is 13.1. The van der Waals surface area contributed by atoms with Crippen molar-refractivity contribution in [2.75, 3.05) is 6.61 Å². The quantitative estimate of drug-likeness (QED) is 0.247. The summed E-state index contributed by atoms with van der Waals surface area (Å²) in [5.41, 5.74) is 6.50. The second-order valence-corrected chi connectivity index (χ2v) is 10.2. The Morgan fingerprint density at radius 1 is 0.868 bits per heavy atom. The van der Waals surface area contributed by atoms with Crippen LogP contribution < -0.4 is 15.2 Å². The zero-order valence-electron chi connectivity index (χ0n) is 23.7. The van der Waals surface area contributed by atoms with Crippen LogP contribution in [0.3, 0.4) is 0 Å². The van der Waals surface area contributed by atoms with E-state index in [9.17, 15) is 24.3 Å². The van der Waals surface area contributed by atoms with E-state index in [4.69, 9.17) is 24.7 Å². The number of carbonyl (C=O) groups is 4. The molecule has 0 heterocycles. The van der Waals surface area contributed by atoms with Gasteiger partial charge in [-0.2, -0.15) is 0 Å². The molecular weight excluding hydrogens is 494 g/mol. The molecule has 5 unspecified atom stereocenters. The van der Waals surface area contributed by atoms with E-state index in [1.807, 2.05) is 27.7 Å². The molecule has 6 atom stereocenters. The minimum atomic E-state index is -1.38. The molecule has 0 amide bonds. The summed E-state index contributed by atoms with van der Waals surface area (Å²) in [6.07, 6.45) is -0.537. The first-order valence-electron chi connectivity index (χ1n) is 13.1. The zero-order chi connectivity index (χ0) is 29.2. The van der Waals surface area contributed by atoms with Gasteiger partial charge in [0.05, 0.1) is 18.4 Å². The van der Waals surface area contributed by atoms with Crippen molar-refractivity contribution in [3.8, 4) is 11.5 Å². The Hall–Kier alpha value is -3.14. The number of ether oxygens (including phenoxy) is 4. The number of carbonyl (C=O) groups excluding carboxylic acids is 3. The maximum atomic E-state index is 12.6. The Morgan fingerprint density at radius 3 is 1.87 bits per heavy atom. The first kappa shape index (κ1) is 32.9. The highest BCUT2D eigenvalue weighted by molar-refractivity contribution is 5.79. The molecule has 3 N–H and O–H groups in total. The zero-order valence-corrected chi connectivity index (χ0v) is 23.7. The van der Waals surface area contributed by atoms with Gasteiger partial charge in [-0.1, -0.05) is 54.5 Å². The summed E-state index contributed by atoms with van der Waals surface area (Å²) in [7, 11) is 0. The number of esters is 2. The van der Waals surface area contributed by atoms with Crippen molar-refractivity contribution in [2.24, 2.45) is 29.4 Å². The topological polar surface area (TPSA) is 151 Å². The van der Waals surface area contributed by atoms with Gasteiger partial charge in [-0.25, -0.2) is 4.79 Å². The van der Waals surface area contributed by atoms with E-state index < -0.39 is 54.0 Å². The van der Waals surface area contributed by atoms with Crippen molar-refractivity contribution in [2.45, 2.75) is 86.3 Å². The van der Waals surface area contributed by atoms with Crippen LogP contribution in [-0.4, -0.2) is 47.9 Å². The molecule has 0 aliphatic heterocycles. The van der Waals surface area contributed by atoms with Gasteiger partial charge in [0, 0.05) is 11.8 Å². The van der Waals surface area contributed by atoms with Crippen LogP contribution in [0.5, 0.6) is 11.5 Å². The molecule has 1 aromatic carbocycles. The molecular formula is C28H43NO9. The first-order chi connectivity index (χ1) is 17.7. The molecule has 0 spiro atoms. The second kappa shape index (κ2) is 15.3. The number of carboxylic acid groups (broad SMARTS) is 1. The normalized spacial score (nSPS) is 15.9. The van der Waals surface area contributed by atoms with Crippen LogP contribution in [0.4, 0.5) is 4.79 Å². The number of hydrogen-bond acceptors (Lipinski definition) is 9. The summed E-state index contributed by atoms with van der Waals surface area (Å²) in [6, 6.07) is 3.08. The van der Waals surface area contributed by atoms with Crippen molar-refractivity contribution in [3.63, 3.8) is 0 Å². The highest BCUT2D eigenvalue weighted by Crippen LogP contribution is 2.37. The van der Waals surface area contributed by atoms with Crippen molar-refractivity contribution in [3.05, 3.63) is 23.8 Å². The monoisotopic (exact) mass is 537 g/mol. The molecule has 0 aromatic heterocycles. The van der Waals surface area contributed by atoms with E-state index in [0.717, 1.165) is 0 Å². The highest BCUT2D eigenvalue weighted by Gasteiger charge is 2.36. The van der Waals surface area contributed by atoms with Crippen LogP contribution >= 0.6 is 0 Å². The number of benzene rings is 1. The summed E-state index contributed by atoms with van der Waals surface area (Å²) in [5, 5.41) is 9.74. The fourth-order valence-corrected chi connectivity index (χ4v) is 3.46. The van der Waals surface area contributed by atoms with Gasteiger partial charge in [-0.05, 0) is 43.4 Å². The van der Waals surface area contributed by atoms with Gasteiger partial charge in [0.15, 0.2) is 11.5 Å². The van der Waals surface area contributed by atoms with Gasteiger partial charge < -0.3 is 29.8 Å². The largest absolute Gasteiger partial charge is 0.508 e. The summed E-state index contributed by atoms with van der Waals surface area (Å²) < 4.78 is 21.6. The van der Waals surface area contributed by atoms with E-state index in [0.29, 0.717) is 18.4 Å². The fourth-order valence-electron chi connectivity index (χ4n) is 3.46. The number of carboxylic acids is 1. The Kier molecular flexibility index (Phi) is 13.3. The summed E-state index contributed by atoms with van der Waals surface area (Å²) in [6.45, 7) is 14.4. The molecule has 214 valence electrons. The third-order valence-corrected chi connectivity index (χ3v) is 6.60. The van der Waals surface area contributed by atoms with Gasteiger partial charge in [0.25, 0.3) is 0 Å². The lowest BCUT2D eigenvalue weighted by molar-refractivity contribution is -0.141. The smallest absolute Gasteiger partial charge is 0.480 e. The SMILES string of the molecule is CCC(C)C(=O)Oc1ccc(C(C(C)C(C)OC(=O)OCC(C)C)[C@H](N)C(=O)O)cc1OC(=O)C(C)CC. The molecule has 38 heavy (non-hydrogen) atoms. The second-order valence-electron chi connectivity index (χ2n) is 10.2. The minimum Gasteiger partial charge on any atom is -0.480 e. The predicted molar refractivity (Wildman–Crippen MR) is 141 cm³/mol. The van der Waals surface area contributed by atoms with Gasteiger partial charge in [-0.3, -0.25) is 14.4 Å². The molecule has 0 bridgehead atoms. The third kappa shape index (κ3) is 9.63. The highest BCUT2D eigenvalue weighted by atomic mass is 16.7. The number of aliphatic carboxylic acids is 1. The summed E-state index contributed by atoms with van der Waals surface area (Å²) >= 11 is 0. The molecule has 10 heteroatoms. The van der Waals surface area contributed by atoms with E-state index in [-0.39, 0.29) is 29.9 Å². The Balaban J connectivity index is 3.44. The van der Waals surface area contributed by atoms with Gasteiger partial charge >= 0.3 is 24.1 Å². The van der Waals surface area contributed by atoms with Crippen LogP contribution in [0.2, 0.25) is 0 Å². The maximum Gasteiger partial charge on any atom is 0.508 e. The van der Waals surface area contributed by atoms with E-state index in [2.05, 4.69) is 0 Å². The van der Waals surface area contributed by atoms with E-state index >= 15 is 0 Å². The molecule has 10 nitrogen and oxygen atoms in total. The van der Waals surface area contributed by atoms with Crippen molar-refractivity contribution < 1.29 is 43.2 Å². The van der Waals surface area contributed by atoms with Crippen LogP contribution in [-0.2, 0) is 23.9 Å². The molecule has 0 aliphatic rings. The average molecular weight is 538 g/mol. The molecule has 0 radical (unpaired) electrons.